The van der Waals surface area contributed by atoms with Crippen LogP contribution in [0.15, 0.2) is 88.5 Å². The van der Waals surface area contributed by atoms with E-state index in [9.17, 15) is 29.9 Å². The molecule has 10 heteroatoms. The van der Waals surface area contributed by atoms with Crippen LogP contribution in [0.4, 0.5) is 11.4 Å². The zero-order chi connectivity index (χ0) is 25.6. The fraction of sp³-hybridized carbons (Fsp3) is 0.0385. The maximum Gasteiger partial charge on any atom is 0.311 e. The zero-order valence-electron chi connectivity index (χ0n) is 18.3. The van der Waals surface area contributed by atoms with Crippen molar-refractivity contribution in [3.8, 4) is 11.8 Å². The SMILES string of the molecule is N#Cc1ccc(N2C(=O)C(O)=C(C(=O)c3cc4ccccc4o3)C2c2ccc(O)c([N+](=O)[O-])c2)cc1. The molecule has 10 nitrogen and oxygen atoms in total. The van der Waals surface area contributed by atoms with Crippen molar-refractivity contribution < 1.29 is 29.1 Å². The van der Waals surface area contributed by atoms with Crippen molar-refractivity contribution in [3.05, 3.63) is 111 Å². The quantitative estimate of drug-likeness (QED) is 0.236. The lowest BCUT2D eigenvalue weighted by Crippen LogP contribution is -2.31. The van der Waals surface area contributed by atoms with Gasteiger partial charge in [0.15, 0.2) is 17.3 Å². The normalized spacial score (nSPS) is 15.4. The Morgan fingerprint density at radius 3 is 2.44 bits per heavy atom. The predicted molar refractivity (Wildman–Crippen MR) is 126 cm³/mol. The second-order valence-corrected chi connectivity index (χ2v) is 7.98. The van der Waals surface area contributed by atoms with E-state index >= 15 is 0 Å². The molecule has 0 saturated heterocycles. The summed E-state index contributed by atoms with van der Waals surface area (Å²) >= 11 is 0. The highest BCUT2D eigenvalue weighted by atomic mass is 16.6. The third kappa shape index (κ3) is 3.52. The lowest BCUT2D eigenvalue weighted by molar-refractivity contribution is -0.385. The average molecular weight is 481 g/mol. The van der Waals surface area contributed by atoms with E-state index in [-0.39, 0.29) is 22.6 Å². The summed E-state index contributed by atoms with van der Waals surface area (Å²) in [6.07, 6.45) is 0. The number of hydrogen-bond acceptors (Lipinski definition) is 8. The Kier molecular flexibility index (Phi) is 5.23. The third-order valence-electron chi connectivity index (χ3n) is 5.89. The second-order valence-electron chi connectivity index (χ2n) is 7.98. The molecule has 0 fully saturated rings. The zero-order valence-corrected chi connectivity index (χ0v) is 18.3. The van der Waals surface area contributed by atoms with Crippen molar-refractivity contribution in [2.45, 2.75) is 6.04 Å². The minimum atomic E-state index is -1.29. The molecule has 1 unspecified atom stereocenters. The van der Waals surface area contributed by atoms with E-state index in [1.807, 2.05) is 6.07 Å². The molecule has 0 saturated carbocycles. The number of anilines is 1. The van der Waals surface area contributed by atoms with Gasteiger partial charge < -0.3 is 14.6 Å². The van der Waals surface area contributed by atoms with Crippen LogP contribution in [0.25, 0.3) is 11.0 Å². The third-order valence-corrected chi connectivity index (χ3v) is 5.89. The van der Waals surface area contributed by atoms with Gasteiger partial charge >= 0.3 is 5.69 Å². The van der Waals surface area contributed by atoms with Gasteiger partial charge in [-0.05, 0) is 48.0 Å². The number of para-hydroxylation sites is 1. The molecule has 2 N–H and O–H groups in total. The number of benzene rings is 3. The van der Waals surface area contributed by atoms with Gasteiger partial charge in [0.25, 0.3) is 5.91 Å². The van der Waals surface area contributed by atoms with Crippen LogP contribution in [-0.4, -0.2) is 26.8 Å². The summed E-state index contributed by atoms with van der Waals surface area (Å²) in [5.74, 6) is -3.28. The number of Topliss-reactive ketones (excluding diaryl/α,β-unsaturated/α-hetero) is 1. The first-order valence-corrected chi connectivity index (χ1v) is 10.6. The number of carbonyl (C=O) groups excluding carboxylic acids is 2. The number of nitro groups is 1. The molecule has 0 spiro atoms. The van der Waals surface area contributed by atoms with E-state index < -0.39 is 39.9 Å². The van der Waals surface area contributed by atoms with Crippen molar-refractivity contribution >= 4 is 34.0 Å². The van der Waals surface area contributed by atoms with E-state index in [1.165, 1.54) is 36.4 Å². The molecule has 0 bridgehead atoms. The number of ketones is 1. The van der Waals surface area contributed by atoms with Crippen molar-refractivity contribution in [1.82, 2.24) is 0 Å². The number of rotatable bonds is 5. The number of furan rings is 1. The molecule has 1 aromatic heterocycles. The van der Waals surface area contributed by atoms with Crippen molar-refractivity contribution in [3.63, 3.8) is 0 Å². The summed E-state index contributed by atoms with van der Waals surface area (Å²) in [6, 6.07) is 18.3. The topological polar surface area (TPSA) is 158 Å². The van der Waals surface area contributed by atoms with E-state index in [1.54, 1.807) is 24.3 Å². The molecule has 1 amide bonds. The predicted octanol–water partition coefficient (Wildman–Crippen LogP) is 4.70. The number of hydrogen-bond donors (Lipinski definition) is 2. The second kappa shape index (κ2) is 8.41. The van der Waals surface area contributed by atoms with E-state index in [0.717, 1.165) is 17.0 Å². The molecule has 0 radical (unpaired) electrons. The Hall–Kier alpha value is -5.43. The standard InChI is InChI=1S/C26H15N3O7/c27-13-14-5-8-17(9-6-14)28-23(16-7-10-19(30)18(11-16)29(34)35)22(25(32)26(28)33)24(31)21-12-15-3-1-2-4-20(15)36-21/h1-12,23,30,32H. The van der Waals surface area contributed by atoms with Crippen LogP contribution < -0.4 is 4.90 Å². The van der Waals surface area contributed by atoms with E-state index in [0.29, 0.717) is 16.5 Å². The number of aliphatic hydroxyl groups is 1. The Balaban J connectivity index is 1.69. The van der Waals surface area contributed by atoms with Gasteiger partial charge in [0.1, 0.15) is 5.58 Å². The monoisotopic (exact) mass is 481 g/mol. The summed E-state index contributed by atoms with van der Waals surface area (Å²) in [4.78, 5) is 38.6. The van der Waals surface area contributed by atoms with Crippen LogP contribution in [0.1, 0.15) is 27.7 Å². The molecule has 3 aromatic carbocycles. The van der Waals surface area contributed by atoms with Gasteiger partial charge in [0, 0.05) is 17.1 Å². The number of aromatic hydroxyl groups is 1. The number of nitro benzene ring substituents is 1. The Bertz CT molecular complexity index is 1610. The number of amides is 1. The smallest absolute Gasteiger partial charge is 0.311 e. The van der Waals surface area contributed by atoms with Crippen LogP contribution in [0, 0.1) is 21.4 Å². The highest BCUT2D eigenvalue weighted by molar-refractivity contribution is 6.20. The van der Waals surface area contributed by atoms with Gasteiger partial charge in [0.05, 0.1) is 28.2 Å². The minimum Gasteiger partial charge on any atom is -0.503 e. The molecular formula is C26H15N3O7. The van der Waals surface area contributed by atoms with Crippen molar-refractivity contribution in [2.75, 3.05) is 4.90 Å². The number of nitrogens with zero attached hydrogens (tertiary/aromatic N) is 3. The maximum atomic E-state index is 13.6. The minimum absolute atomic E-state index is 0.0979. The Morgan fingerprint density at radius 1 is 1.06 bits per heavy atom. The maximum absolute atomic E-state index is 13.6. The molecule has 0 aliphatic carbocycles. The van der Waals surface area contributed by atoms with Crippen LogP contribution in [0.2, 0.25) is 0 Å². The first kappa shape index (κ1) is 22.4. The summed E-state index contributed by atoms with van der Waals surface area (Å²) in [5.41, 5.74) is 0.0912. The fourth-order valence-corrected chi connectivity index (χ4v) is 4.20. The van der Waals surface area contributed by atoms with Crippen molar-refractivity contribution in [1.29, 1.82) is 5.26 Å². The highest BCUT2D eigenvalue weighted by Crippen LogP contribution is 2.44. The lowest BCUT2D eigenvalue weighted by atomic mass is 9.94. The van der Waals surface area contributed by atoms with Crippen molar-refractivity contribution in [2.24, 2.45) is 0 Å². The molecule has 176 valence electrons. The molecule has 4 aromatic rings. The number of phenolic OH excluding ortho intramolecular Hbond substituents is 1. The van der Waals surface area contributed by atoms with Crippen LogP contribution in [0.5, 0.6) is 5.75 Å². The molecular weight excluding hydrogens is 466 g/mol. The summed E-state index contributed by atoms with van der Waals surface area (Å²) in [5, 5.41) is 42.0. The average Bonchev–Trinajstić information content (AvgIpc) is 3.43. The number of fused-ring (bicyclic) bond motifs is 1. The molecule has 1 aliphatic rings. The van der Waals surface area contributed by atoms with Gasteiger partial charge in [0.2, 0.25) is 5.78 Å². The van der Waals surface area contributed by atoms with Crippen LogP contribution >= 0.6 is 0 Å². The summed E-state index contributed by atoms with van der Waals surface area (Å²) < 4.78 is 5.65. The molecule has 1 aliphatic heterocycles. The Morgan fingerprint density at radius 2 is 1.78 bits per heavy atom. The van der Waals surface area contributed by atoms with E-state index in [2.05, 4.69) is 0 Å². The summed E-state index contributed by atoms with van der Waals surface area (Å²) in [7, 11) is 0. The van der Waals surface area contributed by atoms with Crippen LogP contribution in [-0.2, 0) is 4.79 Å². The molecule has 36 heavy (non-hydrogen) atoms. The number of carbonyl (C=O) groups is 2. The molecule has 1 atom stereocenters. The highest BCUT2D eigenvalue weighted by Gasteiger charge is 2.46. The Labute approximate surface area is 202 Å². The fourth-order valence-electron chi connectivity index (χ4n) is 4.20. The van der Waals surface area contributed by atoms with Gasteiger partial charge in [-0.1, -0.05) is 24.3 Å². The molecule has 2 heterocycles. The van der Waals surface area contributed by atoms with Gasteiger partial charge in [-0.25, -0.2) is 0 Å². The van der Waals surface area contributed by atoms with Gasteiger partial charge in [-0.2, -0.15) is 5.26 Å². The summed E-state index contributed by atoms with van der Waals surface area (Å²) in [6.45, 7) is 0. The first-order valence-electron chi connectivity index (χ1n) is 10.6. The van der Waals surface area contributed by atoms with Gasteiger partial charge in [-0.15, -0.1) is 0 Å². The van der Waals surface area contributed by atoms with E-state index in [4.69, 9.17) is 9.68 Å². The number of aliphatic hydroxyl groups excluding tert-OH is 1. The lowest BCUT2D eigenvalue weighted by Gasteiger charge is -2.26. The van der Waals surface area contributed by atoms with Crippen LogP contribution in [0.3, 0.4) is 0 Å². The first-order chi connectivity index (χ1) is 17.3. The number of nitriles is 1. The molecule has 5 rings (SSSR count). The largest absolute Gasteiger partial charge is 0.503 e. The van der Waals surface area contributed by atoms with Gasteiger partial charge in [-0.3, -0.25) is 24.6 Å². The number of phenols is 1.